The summed E-state index contributed by atoms with van der Waals surface area (Å²) in [5.74, 6) is 0.740. The highest BCUT2D eigenvalue weighted by Crippen LogP contribution is 2.24. The Kier molecular flexibility index (Phi) is 6.69. The highest BCUT2D eigenvalue weighted by atomic mass is 35.5. The van der Waals surface area contributed by atoms with Crippen LogP contribution in [0.4, 0.5) is 0 Å². The molecule has 1 heterocycles. The third kappa shape index (κ3) is 3.99. The average molecular weight is 336 g/mol. The second-order valence-electron chi connectivity index (χ2n) is 5.38. The van der Waals surface area contributed by atoms with Crippen LogP contribution in [0.3, 0.4) is 0 Å². The summed E-state index contributed by atoms with van der Waals surface area (Å²) >= 11 is 5.74. The summed E-state index contributed by atoms with van der Waals surface area (Å²) in [5, 5.41) is 4.31. The average Bonchev–Trinajstić information content (AvgIpc) is 2.71. The molecule has 0 saturated carbocycles. The lowest BCUT2D eigenvalue weighted by atomic mass is 10.1. The molecule has 1 aromatic rings. The maximum atomic E-state index is 12.9. The Labute approximate surface area is 133 Å². The van der Waals surface area contributed by atoms with Crippen molar-refractivity contribution in [3.8, 4) is 0 Å². The van der Waals surface area contributed by atoms with Gasteiger partial charge in [0.1, 0.15) is 4.90 Å². The fourth-order valence-electron chi connectivity index (χ4n) is 2.35. The van der Waals surface area contributed by atoms with Crippen LogP contribution in [0.15, 0.2) is 4.90 Å². The van der Waals surface area contributed by atoms with Crippen LogP contribution >= 0.6 is 11.6 Å². The third-order valence-electron chi connectivity index (χ3n) is 3.77. The first-order chi connectivity index (χ1) is 9.79. The summed E-state index contributed by atoms with van der Waals surface area (Å²) in [5.41, 5.74) is 1.20. The number of sulfonamides is 1. The minimum absolute atomic E-state index is 0.331. The highest BCUT2D eigenvalue weighted by molar-refractivity contribution is 7.89. The van der Waals surface area contributed by atoms with Crippen molar-refractivity contribution in [3.05, 3.63) is 11.4 Å². The molecule has 1 aromatic heterocycles. The summed E-state index contributed by atoms with van der Waals surface area (Å²) in [4.78, 5) is 0.331. The van der Waals surface area contributed by atoms with Crippen LogP contribution in [0.25, 0.3) is 0 Å². The number of hydrogen-bond donors (Lipinski definition) is 0. The van der Waals surface area contributed by atoms with Crippen molar-refractivity contribution < 1.29 is 8.42 Å². The number of aromatic nitrogens is 2. The van der Waals surface area contributed by atoms with Gasteiger partial charge in [0, 0.05) is 19.0 Å². The van der Waals surface area contributed by atoms with E-state index in [1.54, 1.807) is 22.8 Å². The minimum Gasteiger partial charge on any atom is -0.267 e. The van der Waals surface area contributed by atoms with Crippen molar-refractivity contribution in [2.45, 2.75) is 52.5 Å². The Balaban J connectivity index is 3.23. The molecule has 0 saturated heterocycles. The molecular weight excluding hydrogens is 310 g/mol. The van der Waals surface area contributed by atoms with E-state index in [4.69, 9.17) is 11.6 Å². The second kappa shape index (κ2) is 7.61. The molecule has 7 heteroatoms. The lowest BCUT2D eigenvalue weighted by Crippen LogP contribution is -2.35. The Morgan fingerprint density at radius 1 is 1.33 bits per heavy atom. The molecule has 0 fully saturated rings. The zero-order valence-corrected chi connectivity index (χ0v) is 15.1. The molecule has 1 rings (SSSR count). The molecule has 1 atom stereocenters. The van der Waals surface area contributed by atoms with E-state index in [0.29, 0.717) is 47.7 Å². The fraction of sp³-hybridized carbons (Fsp3) is 0.786. The largest absolute Gasteiger partial charge is 0.267 e. The van der Waals surface area contributed by atoms with Crippen LogP contribution in [0, 0.1) is 19.8 Å². The highest BCUT2D eigenvalue weighted by Gasteiger charge is 2.30. The van der Waals surface area contributed by atoms with E-state index in [0.717, 1.165) is 6.42 Å². The molecule has 0 amide bonds. The van der Waals surface area contributed by atoms with Gasteiger partial charge in [0.05, 0.1) is 17.9 Å². The number of nitrogens with zero attached hydrogens (tertiary/aromatic N) is 3. The molecule has 0 aliphatic carbocycles. The maximum absolute atomic E-state index is 12.9. The topological polar surface area (TPSA) is 55.2 Å². The fourth-order valence-corrected chi connectivity index (χ4v) is 4.46. The normalized spacial score (nSPS) is 13.9. The lowest BCUT2D eigenvalue weighted by Gasteiger charge is -2.23. The van der Waals surface area contributed by atoms with Crippen molar-refractivity contribution >= 4 is 21.6 Å². The second-order valence-corrected chi connectivity index (χ2v) is 7.63. The molecule has 0 N–H and O–H groups in total. The SMILES string of the molecule is CCC(C)CN(CC)S(=O)(=O)c1c(C)nn(CCCl)c1C. The van der Waals surface area contributed by atoms with Gasteiger partial charge in [0.15, 0.2) is 0 Å². The first-order valence-corrected chi connectivity index (χ1v) is 9.37. The molecule has 0 aliphatic heterocycles. The van der Waals surface area contributed by atoms with Gasteiger partial charge in [0.25, 0.3) is 0 Å². The van der Waals surface area contributed by atoms with Crippen molar-refractivity contribution in [2.24, 2.45) is 5.92 Å². The van der Waals surface area contributed by atoms with Gasteiger partial charge in [-0.25, -0.2) is 8.42 Å². The predicted octanol–water partition coefficient (Wildman–Crippen LogP) is 2.80. The number of rotatable bonds is 8. The number of alkyl halides is 1. The Hall–Kier alpha value is -0.590. The van der Waals surface area contributed by atoms with Gasteiger partial charge in [-0.2, -0.15) is 9.40 Å². The van der Waals surface area contributed by atoms with Crippen molar-refractivity contribution in [2.75, 3.05) is 19.0 Å². The van der Waals surface area contributed by atoms with Gasteiger partial charge in [-0.05, 0) is 19.8 Å². The molecule has 122 valence electrons. The van der Waals surface area contributed by atoms with E-state index >= 15 is 0 Å². The van der Waals surface area contributed by atoms with Crippen molar-refractivity contribution in [3.63, 3.8) is 0 Å². The van der Waals surface area contributed by atoms with E-state index in [9.17, 15) is 8.42 Å². The summed E-state index contributed by atoms with van der Waals surface area (Å²) < 4.78 is 29.0. The first kappa shape index (κ1) is 18.5. The van der Waals surface area contributed by atoms with E-state index in [1.165, 1.54) is 0 Å². The molecule has 0 bridgehead atoms. The van der Waals surface area contributed by atoms with E-state index in [1.807, 2.05) is 6.92 Å². The van der Waals surface area contributed by atoms with Gasteiger partial charge in [0.2, 0.25) is 10.0 Å². The Bertz CT molecular complexity index is 569. The summed E-state index contributed by atoms with van der Waals surface area (Å²) in [7, 11) is -3.51. The molecule has 0 aliphatic rings. The zero-order valence-electron chi connectivity index (χ0n) is 13.6. The van der Waals surface area contributed by atoms with Crippen molar-refractivity contribution in [1.82, 2.24) is 14.1 Å². The molecule has 0 radical (unpaired) electrons. The van der Waals surface area contributed by atoms with E-state index < -0.39 is 10.0 Å². The standard InChI is InChI=1S/C14H26ClN3O2S/c1-6-11(3)10-17(7-2)21(19,20)14-12(4)16-18(9-8-15)13(14)5/h11H,6-10H2,1-5H3. The smallest absolute Gasteiger partial charge is 0.246 e. The zero-order chi connectivity index (χ0) is 16.2. The van der Waals surface area contributed by atoms with Crippen LogP contribution in [-0.4, -0.2) is 41.5 Å². The van der Waals surface area contributed by atoms with E-state index in [-0.39, 0.29) is 0 Å². The number of hydrogen-bond acceptors (Lipinski definition) is 3. The first-order valence-electron chi connectivity index (χ1n) is 7.39. The Morgan fingerprint density at radius 2 is 1.95 bits per heavy atom. The summed E-state index contributed by atoms with van der Waals surface area (Å²) in [6.07, 6.45) is 0.954. The number of halogens is 1. The van der Waals surface area contributed by atoms with Crippen LogP contribution in [0.5, 0.6) is 0 Å². The van der Waals surface area contributed by atoms with Crippen LogP contribution < -0.4 is 0 Å². The summed E-state index contributed by atoms with van der Waals surface area (Å²) in [6.45, 7) is 11.0. The summed E-state index contributed by atoms with van der Waals surface area (Å²) in [6, 6.07) is 0. The van der Waals surface area contributed by atoms with Gasteiger partial charge in [-0.1, -0.05) is 27.2 Å². The van der Waals surface area contributed by atoms with Gasteiger partial charge in [-0.3, -0.25) is 4.68 Å². The molecule has 21 heavy (non-hydrogen) atoms. The lowest BCUT2D eigenvalue weighted by molar-refractivity contribution is 0.361. The predicted molar refractivity (Wildman–Crippen MR) is 86.3 cm³/mol. The minimum atomic E-state index is -3.51. The monoisotopic (exact) mass is 335 g/mol. The van der Waals surface area contributed by atoms with Crippen molar-refractivity contribution in [1.29, 1.82) is 0 Å². The van der Waals surface area contributed by atoms with Gasteiger partial charge < -0.3 is 0 Å². The van der Waals surface area contributed by atoms with Crippen LogP contribution in [0.2, 0.25) is 0 Å². The quantitative estimate of drug-likeness (QED) is 0.686. The van der Waals surface area contributed by atoms with E-state index in [2.05, 4.69) is 18.9 Å². The molecule has 5 nitrogen and oxygen atoms in total. The number of aryl methyl sites for hydroxylation is 2. The molecule has 0 spiro atoms. The van der Waals surface area contributed by atoms with Gasteiger partial charge in [-0.15, -0.1) is 11.6 Å². The maximum Gasteiger partial charge on any atom is 0.246 e. The molecular formula is C14H26ClN3O2S. The van der Waals surface area contributed by atoms with Gasteiger partial charge >= 0.3 is 0 Å². The van der Waals surface area contributed by atoms with Crippen LogP contribution in [0.1, 0.15) is 38.6 Å². The Morgan fingerprint density at radius 3 is 2.43 bits per heavy atom. The molecule has 1 unspecified atom stereocenters. The third-order valence-corrected chi connectivity index (χ3v) is 6.14. The molecule has 0 aromatic carbocycles. The van der Waals surface area contributed by atoms with Crippen LogP contribution in [-0.2, 0) is 16.6 Å².